The molecule has 0 saturated carbocycles. The van der Waals surface area contributed by atoms with E-state index in [0.717, 1.165) is 15.9 Å². The normalized spacial score (nSPS) is 10.9. The molecule has 0 amide bonds. The van der Waals surface area contributed by atoms with E-state index in [2.05, 4.69) is 34.9 Å². The fourth-order valence-corrected chi connectivity index (χ4v) is 2.20. The third-order valence-corrected chi connectivity index (χ3v) is 3.34. The topological polar surface area (TPSA) is 67.7 Å². The van der Waals surface area contributed by atoms with E-state index in [4.69, 9.17) is 11.1 Å². The molecule has 0 aliphatic carbocycles. The molecular formula is C13H15BrN4. The first-order valence-corrected chi connectivity index (χ1v) is 6.48. The van der Waals surface area contributed by atoms with Crippen LogP contribution in [0.25, 0.3) is 5.69 Å². The standard InChI is InChI=1S/C13H15BrN4/c1-8(2)11-5-6-18(17-11)12-4-3-9(13(15)16)7-10(12)14/h3-8H,1-2H3,(H3,15,16). The number of nitrogens with zero attached hydrogens (tertiary/aromatic N) is 2. The van der Waals surface area contributed by atoms with Gasteiger partial charge in [0.25, 0.3) is 0 Å². The van der Waals surface area contributed by atoms with Gasteiger partial charge in [-0.2, -0.15) is 5.10 Å². The first-order valence-electron chi connectivity index (χ1n) is 5.69. The highest BCUT2D eigenvalue weighted by atomic mass is 79.9. The largest absolute Gasteiger partial charge is 0.384 e. The van der Waals surface area contributed by atoms with Crippen molar-refractivity contribution in [2.75, 3.05) is 0 Å². The molecule has 0 radical (unpaired) electrons. The number of benzene rings is 1. The summed E-state index contributed by atoms with van der Waals surface area (Å²) in [5.41, 5.74) is 8.14. The Morgan fingerprint density at radius 1 is 1.39 bits per heavy atom. The minimum Gasteiger partial charge on any atom is -0.384 e. The second-order valence-electron chi connectivity index (χ2n) is 4.42. The first kappa shape index (κ1) is 12.8. The smallest absolute Gasteiger partial charge is 0.122 e. The Morgan fingerprint density at radius 3 is 2.61 bits per heavy atom. The molecule has 0 aliphatic rings. The van der Waals surface area contributed by atoms with Crippen LogP contribution in [0.4, 0.5) is 0 Å². The molecule has 0 aliphatic heterocycles. The predicted octanol–water partition coefficient (Wildman–Crippen LogP) is 3.04. The Kier molecular flexibility index (Phi) is 3.52. The van der Waals surface area contributed by atoms with Gasteiger partial charge >= 0.3 is 0 Å². The van der Waals surface area contributed by atoms with Crippen LogP contribution in [0, 0.1) is 5.41 Å². The monoisotopic (exact) mass is 306 g/mol. The van der Waals surface area contributed by atoms with Gasteiger partial charge in [0.15, 0.2) is 0 Å². The Hall–Kier alpha value is -1.62. The number of amidine groups is 1. The SMILES string of the molecule is CC(C)c1ccn(-c2ccc(C(=N)N)cc2Br)n1. The third kappa shape index (κ3) is 2.46. The number of rotatable bonds is 3. The molecule has 0 saturated heterocycles. The van der Waals surface area contributed by atoms with E-state index in [9.17, 15) is 0 Å². The van der Waals surface area contributed by atoms with Gasteiger partial charge in [-0.25, -0.2) is 4.68 Å². The van der Waals surface area contributed by atoms with Gasteiger partial charge in [0, 0.05) is 16.2 Å². The number of nitrogen functional groups attached to an aromatic ring is 1. The lowest BCUT2D eigenvalue weighted by molar-refractivity contribution is 0.767. The van der Waals surface area contributed by atoms with Crippen molar-refractivity contribution >= 4 is 21.8 Å². The van der Waals surface area contributed by atoms with Crippen molar-refractivity contribution in [3.8, 4) is 5.69 Å². The van der Waals surface area contributed by atoms with Crippen LogP contribution in [-0.2, 0) is 0 Å². The summed E-state index contributed by atoms with van der Waals surface area (Å²) in [7, 11) is 0. The molecule has 2 aromatic rings. The van der Waals surface area contributed by atoms with Crippen molar-refractivity contribution in [1.82, 2.24) is 9.78 Å². The maximum atomic E-state index is 7.40. The molecule has 94 valence electrons. The van der Waals surface area contributed by atoms with E-state index >= 15 is 0 Å². The first-order chi connectivity index (χ1) is 8.49. The van der Waals surface area contributed by atoms with E-state index in [1.54, 1.807) is 0 Å². The molecule has 4 nitrogen and oxygen atoms in total. The maximum Gasteiger partial charge on any atom is 0.122 e. The molecule has 3 N–H and O–H groups in total. The van der Waals surface area contributed by atoms with Crippen LogP contribution < -0.4 is 5.73 Å². The van der Waals surface area contributed by atoms with Gasteiger partial charge in [0.1, 0.15) is 5.84 Å². The molecule has 0 bridgehead atoms. The molecule has 0 spiro atoms. The van der Waals surface area contributed by atoms with Gasteiger partial charge < -0.3 is 5.73 Å². The van der Waals surface area contributed by atoms with Gasteiger partial charge in [0.05, 0.1) is 11.4 Å². The third-order valence-electron chi connectivity index (χ3n) is 2.71. The average molecular weight is 307 g/mol. The van der Waals surface area contributed by atoms with Crippen molar-refractivity contribution in [2.45, 2.75) is 19.8 Å². The van der Waals surface area contributed by atoms with Crippen LogP contribution in [0.5, 0.6) is 0 Å². The Labute approximate surface area is 114 Å². The highest BCUT2D eigenvalue weighted by Crippen LogP contribution is 2.23. The summed E-state index contributed by atoms with van der Waals surface area (Å²) in [6, 6.07) is 7.56. The molecule has 18 heavy (non-hydrogen) atoms. The summed E-state index contributed by atoms with van der Waals surface area (Å²) in [6.07, 6.45) is 1.93. The van der Waals surface area contributed by atoms with Crippen LogP contribution in [-0.4, -0.2) is 15.6 Å². The highest BCUT2D eigenvalue weighted by molar-refractivity contribution is 9.10. The predicted molar refractivity (Wildman–Crippen MR) is 76.4 cm³/mol. The fraction of sp³-hybridized carbons (Fsp3) is 0.231. The number of hydrogen-bond donors (Lipinski definition) is 2. The maximum absolute atomic E-state index is 7.40. The van der Waals surface area contributed by atoms with Gasteiger partial charge in [0.2, 0.25) is 0 Å². The summed E-state index contributed by atoms with van der Waals surface area (Å²) < 4.78 is 2.69. The zero-order valence-electron chi connectivity index (χ0n) is 10.3. The van der Waals surface area contributed by atoms with E-state index in [1.165, 1.54) is 0 Å². The zero-order chi connectivity index (χ0) is 13.3. The van der Waals surface area contributed by atoms with Crippen molar-refractivity contribution in [2.24, 2.45) is 5.73 Å². The van der Waals surface area contributed by atoms with Crippen LogP contribution in [0.15, 0.2) is 34.9 Å². The zero-order valence-corrected chi connectivity index (χ0v) is 11.9. The molecule has 5 heteroatoms. The number of nitrogens with two attached hydrogens (primary N) is 1. The number of hydrogen-bond acceptors (Lipinski definition) is 2. The summed E-state index contributed by atoms with van der Waals surface area (Å²) in [4.78, 5) is 0. The molecular weight excluding hydrogens is 292 g/mol. The fourth-order valence-electron chi connectivity index (χ4n) is 1.64. The minimum atomic E-state index is 0.0607. The van der Waals surface area contributed by atoms with Crippen LogP contribution in [0.1, 0.15) is 31.0 Å². The Bertz CT molecular complexity index is 586. The lowest BCUT2D eigenvalue weighted by Crippen LogP contribution is -2.11. The van der Waals surface area contributed by atoms with E-state index < -0.39 is 0 Å². The lowest BCUT2D eigenvalue weighted by atomic mass is 10.1. The highest BCUT2D eigenvalue weighted by Gasteiger charge is 2.08. The van der Waals surface area contributed by atoms with Gasteiger partial charge in [-0.1, -0.05) is 13.8 Å². The van der Waals surface area contributed by atoms with Gasteiger partial charge in [-0.05, 0) is 46.1 Å². The summed E-state index contributed by atoms with van der Waals surface area (Å²) in [5, 5.41) is 11.9. The van der Waals surface area contributed by atoms with Crippen molar-refractivity contribution in [3.63, 3.8) is 0 Å². The molecule has 1 aromatic carbocycles. The number of aromatic nitrogens is 2. The van der Waals surface area contributed by atoms with E-state index in [-0.39, 0.29) is 5.84 Å². The lowest BCUT2D eigenvalue weighted by Gasteiger charge is -2.07. The van der Waals surface area contributed by atoms with Crippen molar-refractivity contribution < 1.29 is 0 Å². The van der Waals surface area contributed by atoms with E-state index in [0.29, 0.717) is 11.5 Å². The Morgan fingerprint density at radius 2 is 2.11 bits per heavy atom. The number of halogens is 1. The molecule has 1 aromatic heterocycles. The quantitative estimate of drug-likeness (QED) is 0.676. The molecule has 0 fully saturated rings. The van der Waals surface area contributed by atoms with Gasteiger partial charge in [-0.3, -0.25) is 5.41 Å². The second kappa shape index (κ2) is 4.94. The van der Waals surface area contributed by atoms with Crippen LogP contribution >= 0.6 is 15.9 Å². The van der Waals surface area contributed by atoms with Crippen molar-refractivity contribution in [3.05, 3.63) is 46.2 Å². The second-order valence-corrected chi connectivity index (χ2v) is 5.27. The summed E-state index contributed by atoms with van der Waals surface area (Å²) in [6.45, 7) is 4.22. The van der Waals surface area contributed by atoms with E-state index in [1.807, 2.05) is 35.1 Å². The molecule has 0 unspecified atom stereocenters. The van der Waals surface area contributed by atoms with Crippen molar-refractivity contribution in [1.29, 1.82) is 5.41 Å². The number of nitrogens with one attached hydrogen (secondary N) is 1. The average Bonchev–Trinajstić information content (AvgIpc) is 2.78. The van der Waals surface area contributed by atoms with Crippen LogP contribution in [0.2, 0.25) is 0 Å². The summed E-state index contributed by atoms with van der Waals surface area (Å²) in [5.74, 6) is 0.465. The molecule has 0 atom stereocenters. The van der Waals surface area contributed by atoms with Gasteiger partial charge in [-0.15, -0.1) is 0 Å². The Balaban J connectivity index is 2.41. The molecule has 2 rings (SSSR count). The summed E-state index contributed by atoms with van der Waals surface area (Å²) >= 11 is 3.49. The minimum absolute atomic E-state index is 0.0607. The van der Waals surface area contributed by atoms with Crippen LogP contribution in [0.3, 0.4) is 0 Å². The molecule has 1 heterocycles.